The van der Waals surface area contributed by atoms with Crippen molar-refractivity contribution in [1.29, 1.82) is 0 Å². The molecule has 0 radical (unpaired) electrons. The highest BCUT2D eigenvalue weighted by Crippen LogP contribution is 2.27. The van der Waals surface area contributed by atoms with E-state index in [0.717, 1.165) is 11.1 Å². The molecule has 2 aromatic heterocycles. The summed E-state index contributed by atoms with van der Waals surface area (Å²) in [7, 11) is 0. The molecule has 5 heteroatoms. The SMILES string of the molecule is Cc1nc(-c2ccccc2)c(C(=O)c2[nH]c(C)nc2-c2ccccc2)[nH]1. The van der Waals surface area contributed by atoms with E-state index in [2.05, 4.69) is 19.9 Å². The highest BCUT2D eigenvalue weighted by Gasteiger charge is 2.24. The van der Waals surface area contributed by atoms with Crippen LogP contribution in [0.1, 0.15) is 27.8 Å². The molecule has 0 atom stereocenters. The van der Waals surface area contributed by atoms with Crippen LogP contribution in [0.2, 0.25) is 0 Å². The van der Waals surface area contributed by atoms with Crippen molar-refractivity contribution in [2.24, 2.45) is 0 Å². The van der Waals surface area contributed by atoms with Gasteiger partial charge in [-0.25, -0.2) is 9.97 Å². The molecule has 0 amide bonds. The lowest BCUT2D eigenvalue weighted by atomic mass is 10.0. The summed E-state index contributed by atoms with van der Waals surface area (Å²) in [4.78, 5) is 28.6. The van der Waals surface area contributed by atoms with Gasteiger partial charge < -0.3 is 9.97 Å². The lowest BCUT2D eigenvalue weighted by Gasteiger charge is -2.04. The van der Waals surface area contributed by atoms with Crippen LogP contribution in [0.4, 0.5) is 0 Å². The number of aromatic nitrogens is 4. The Morgan fingerprint density at radius 1 is 0.692 bits per heavy atom. The van der Waals surface area contributed by atoms with Gasteiger partial charge >= 0.3 is 0 Å². The smallest absolute Gasteiger partial charge is 0.229 e. The number of aromatic amines is 2. The van der Waals surface area contributed by atoms with Gasteiger partial charge in [-0.05, 0) is 13.8 Å². The highest BCUT2D eigenvalue weighted by molar-refractivity contribution is 6.13. The molecule has 0 spiro atoms. The number of nitrogens with one attached hydrogen (secondary N) is 2. The average Bonchev–Trinajstić information content (AvgIpc) is 3.25. The number of rotatable bonds is 4. The number of imidazole rings is 2. The maximum absolute atomic E-state index is 13.3. The Hall–Kier alpha value is -3.47. The third-order valence-corrected chi connectivity index (χ3v) is 4.19. The van der Waals surface area contributed by atoms with Crippen LogP contribution in [-0.4, -0.2) is 25.7 Å². The van der Waals surface area contributed by atoms with Gasteiger partial charge in [-0.1, -0.05) is 60.7 Å². The number of hydrogen-bond acceptors (Lipinski definition) is 3. The van der Waals surface area contributed by atoms with Crippen LogP contribution in [-0.2, 0) is 0 Å². The van der Waals surface area contributed by atoms with Gasteiger partial charge in [0, 0.05) is 11.1 Å². The fourth-order valence-electron chi connectivity index (χ4n) is 3.05. The Balaban J connectivity index is 1.84. The maximum Gasteiger partial charge on any atom is 0.229 e. The summed E-state index contributed by atoms with van der Waals surface area (Å²) in [5.41, 5.74) is 4.04. The van der Waals surface area contributed by atoms with Crippen molar-refractivity contribution in [2.45, 2.75) is 13.8 Å². The molecule has 2 heterocycles. The first-order chi connectivity index (χ1) is 12.6. The molecule has 0 saturated heterocycles. The quantitative estimate of drug-likeness (QED) is 0.543. The summed E-state index contributed by atoms with van der Waals surface area (Å²) < 4.78 is 0. The molecular weight excluding hydrogens is 324 g/mol. The lowest BCUT2D eigenvalue weighted by Crippen LogP contribution is -2.06. The van der Waals surface area contributed by atoms with Crippen LogP contribution in [0.3, 0.4) is 0 Å². The molecule has 2 N–H and O–H groups in total. The van der Waals surface area contributed by atoms with Crippen LogP contribution in [0.15, 0.2) is 60.7 Å². The molecule has 2 aromatic carbocycles. The van der Waals surface area contributed by atoms with Crippen molar-refractivity contribution >= 4 is 5.78 Å². The number of hydrogen-bond donors (Lipinski definition) is 2. The summed E-state index contributed by atoms with van der Waals surface area (Å²) in [6, 6.07) is 19.4. The zero-order valence-corrected chi connectivity index (χ0v) is 14.6. The van der Waals surface area contributed by atoms with Gasteiger partial charge in [0.1, 0.15) is 23.0 Å². The molecule has 0 fully saturated rings. The molecule has 4 rings (SSSR count). The first-order valence-corrected chi connectivity index (χ1v) is 8.42. The molecule has 0 aliphatic heterocycles. The van der Waals surface area contributed by atoms with Gasteiger partial charge in [0.15, 0.2) is 0 Å². The Kier molecular flexibility index (Phi) is 3.97. The average molecular weight is 342 g/mol. The summed E-state index contributed by atoms with van der Waals surface area (Å²) in [5.74, 6) is 1.25. The fraction of sp³-hybridized carbons (Fsp3) is 0.0952. The topological polar surface area (TPSA) is 74.4 Å². The molecule has 128 valence electrons. The Bertz CT molecular complexity index is 976. The first-order valence-electron chi connectivity index (χ1n) is 8.42. The third kappa shape index (κ3) is 2.84. The minimum absolute atomic E-state index is 0.149. The van der Waals surface area contributed by atoms with E-state index in [1.165, 1.54) is 0 Å². The third-order valence-electron chi connectivity index (χ3n) is 4.19. The molecule has 0 saturated carbocycles. The number of nitrogens with zero attached hydrogens (tertiary/aromatic N) is 2. The second-order valence-electron chi connectivity index (χ2n) is 6.15. The van der Waals surface area contributed by atoms with Gasteiger partial charge in [-0.15, -0.1) is 0 Å². The summed E-state index contributed by atoms with van der Waals surface area (Å²) in [6.07, 6.45) is 0. The predicted octanol–water partition coefficient (Wildman–Crippen LogP) is 4.31. The van der Waals surface area contributed by atoms with Crippen LogP contribution in [0.5, 0.6) is 0 Å². The zero-order chi connectivity index (χ0) is 18.1. The van der Waals surface area contributed by atoms with E-state index < -0.39 is 0 Å². The van der Waals surface area contributed by atoms with E-state index in [9.17, 15) is 4.79 Å². The Morgan fingerprint density at radius 3 is 1.46 bits per heavy atom. The molecule has 26 heavy (non-hydrogen) atoms. The lowest BCUT2D eigenvalue weighted by molar-refractivity contribution is 0.103. The number of aryl methyl sites for hydroxylation is 2. The molecule has 0 bridgehead atoms. The van der Waals surface area contributed by atoms with Crippen molar-refractivity contribution in [2.75, 3.05) is 0 Å². The van der Waals surface area contributed by atoms with Crippen LogP contribution >= 0.6 is 0 Å². The normalized spacial score (nSPS) is 10.8. The second kappa shape index (κ2) is 6.44. The standard InChI is InChI=1S/C21H18N4O/c1-13-22-17(15-9-5-3-6-10-15)19(24-13)21(26)20-18(23-14(2)25-20)16-11-7-4-8-12-16/h3-12H,1-2H3,(H,22,24)(H,23,25). The monoisotopic (exact) mass is 342 g/mol. The largest absolute Gasteiger partial charge is 0.339 e. The van der Waals surface area contributed by atoms with Crippen molar-refractivity contribution in [3.8, 4) is 22.5 Å². The van der Waals surface area contributed by atoms with Crippen LogP contribution in [0.25, 0.3) is 22.5 Å². The van der Waals surface area contributed by atoms with Gasteiger partial charge in [-0.2, -0.15) is 0 Å². The Morgan fingerprint density at radius 2 is 1.08 bits per heavy atom. The summed E-state index contributed by atoms with van der Waals surface area (Å²) >= 11 is 0. The van der Waals surface area contributed by atoms with E-state index >= 15 is 0 Å². The fourth-order valence-corrected chi connectivity index (χ4v) is 3.05. The van der Waals surface area contributed by atoms with Crippen molar-refractivity contribution in [1.82, 2.24) is 19.9 Å². The van der Waals surface area contributed by atoms with Crippen molar-refractivity contribution < 1.29 is 4.79 Å². The summed E-state index contributed by atoms with van der Waals surface area (Å²) in [5, 5.41) is 0. The molecular formula is C21H18N4O. The number of carbonyl (C=O) groups excluding carboxylic acids is 1. The van der Waals surface area contributed by atoms with Gasteiger partial charge in [0.2, 0.25) is 5.78 Å². The maximum atomic E-state index is 13.3. The van der Waals surface area contributed by atoms with Crippen molar-refractivity contribution in [3.05, 3.63) is 83.7 Å². The predicted molar refractivity (Wildman–Crippen MR) is 101 cm³/mol. The van der Waals surface area contributed by atoms with Gasteiger partial charge in [0.05, 0.1) is 11.4 Å². The Labute approximate surface area is 151 Å². The molecule has 5 nitrogen and oxygen atoms in total. The zero-order valence-electron chi connectivity index (χ0n) is 14.6. The second-order valence-corrected chi connectivity index (χ2v) is 6.15. The first kappa shape index (κ1) is 16.0. The number of benzene rings is 2. The van der Waals surface area contributed by atoms with Crippen LogP contribution in [0, 0.1) is 13.8 Å². The molecule has 0 unspecified atom stereocenters. The van der Waals surface area contributed by atoms with E-state index in [0.29, 0.717) is 34.4 Å². The molecule has 0 aliphatic carbocycles. The number of carbonyl (C=O) groups is 1. The van der Waals surface area contributed by atoms with Crippen molar-refractivity contribution in [3.63, 3.8) is 0 Å². The minimum Gasteiger partial charge on any atom is -0.339 e. The summed E-state index contributed by atoms with van der Waals surface area (Å²) in [6.45, 7) is 3.69. The molecule has 0 aliphatic rings. The molecule has 4 aromatic rings. The van der Waals surface area contributed by atoms with E-state index in [1.807, 2.05) is 74.5 Å². The number of H-pyrrole nitrogens is 2. The van der Waals surface area contributed by atoms with E-state index in [-0.39, 0.29) is 5.78 Å². The van der Waals surface area contributed by atoms with E-state index in [1.54, 1.807) is 0 Å². The van der Waals surface area contributed by atoms with E-state index in [4.69, 9.17) is 0 Å². The van der Waals surface area contributed by atoms with Gasteiger partial charge in [-0.3, -0.25) is 4.79 Å². The highest BCUT2D eigenvalue weighted by atomic mass is 16.1. The van der Waals surface area contributed by atoms with Gasteiger partial charge in [0.25, 0.3) is 0 Å². The number of ketones is 1. The van der Waals surface area contributed by atoms with Crippen LogP contribution < -0.4 is 0 Å². The minimum atomic E-state index is -0.149.